The second kappa shape index (κ2) is 7.32. The first kappa shape index (κ1) is 20.1. The van der Waals surface area contributed by atoms with Crippen molar-refractivity contribution in [1.82, 2.24) is 0 Å². The van der Waals surface area contributed by atoms with E-state index < -0.39 is 33.6 Å². The maximum atomic E-state index is 12.0. The molecule has 0 atom stereocenters. The lowest BCUT2D eigenvalue weighted by Crippen LogP contribution is -2.34. The Kier molecular flexibility index (Phi) is 6.14. The lowest BCUT2D eigenvalue weighted by Gasteiger charge is -2.21. The van der Waals surface area contributed by atoms with Crippen molar-refractivity contribution in [2.24, 2.45) is 0 Å². The third-order valence-corrected chi connectivity index (χ3v) is 3.91. The maximum absolute atomic E-state index is 12.0. The Balaban J connectivity index is 2.86. The van der Waals surface area contributed by atoms with Crippen LogP contribution in [0.2, 0.25) is 0 Å². The van der Waals surface area contributed by atoms with Crippen LogP contribution >= 0.6 is 23.2 Å². The Morgan fingerprint density at radius 3 is 1.17 bits per heavy atom. The summed E-state index contributed by atoms with van der Waals surface area (Å²) in [6.07, 6.45) is 0. The molecule has 0 N–H and O–H groups in total. The fraction of sp³-hybridized carbons (Fsp3) is 0.375. The number of esters is 2. The lowest BCUT2D eigenvalue weighted by molar-refractivity contribution is -0.126. The standard InChI is InChI=1S/C16H16Cl2O6/c1-15(2,13(17)21)23-11(19)9-5-7-10(8-6-9)12(20)24-16(3,4)14(18)22/h5-8H,1-4H3. The van der Waals surface area contributed by atoms with Crippen molar-refractivity contribution in [3.05, 3.63) is 35.4 Å². The SMILES string of the molecule is CC(C)(OC(=O)c1ccc(C(=O)OC(C)(C)C(=O)Cl)cc1)C(=O)Cl. The van der Waals surface area contributed by atoms with Gasteiger partial charge in [-0.1, -0.05) is 0 Å². The zero-order valence-corrected chi connectivity index (χ0v) is 15.0. The van der Waals surface area contributed by atoms with Gasteiger partial charge in [0.2, 0.25) is 0 Å². The number of hydrogen-bond donors (Lipinski definition) is 0. The van der Waals surface area contributed by atoms with Crippen LogP contribution in [0.5, 0.6) is 0 Å². The van der Waals surface area contributed by atoms with Crippen LogP contribution in [-0.4, -0.2) is 33.6 Å². The van der Waals surface area contributed by atoms with E-state index in [0.29, 0.717) is 0 Å². The van der Waals surface area contributed by atoms with Gasteiger partial charge < -0.3 is 9.47 Å². The van der Waals surface area contributed by atoms with E-state index in [1.54, 1.807) is 0 Å². The number of carbonyl (C=O) groups excluding carboxylic acids is 4. The van der Waals surface area contributed by atoms with E-state index in [1.165, 1.54) is 52.0 Å². The molecule has 0 fully saturated rings. The second-order valence-electron chi connectivity index (χ2n) is 5.92. The molecule has 1 aromatic carbocycles. The average molecular weight is 375 g/mol. The van der Waals surface area contributed by atoms with Crippen LogP contribution in [0, 0.1) is 0 Å². The molecule has 0 heterocycles. The highest BCUT2D eigenvalue weighted by atomic mass is 35.5. The molecule has 0 bridgehead atoms. The fourth-order valence-corrected chi connectivity index (χ4v) is 1.48. The Hall–Kier alpha value is -1.92. The summed E-state index contributed by atoms with van der Waals surface area (Å²) >= 11 is 10.7. The predicted molar refractivity (Wildman–Crippen MR) is 87.2 cm³/mol. The van der Waals surface area contributed by atoms with Gasteiger partial charge in [0.25, 0.3) is 10.5 Å². The Morgan fingerprint density at radius 2 is 0.958 bits per heavy atom. The summed E-state index contributed by atoms with van der Waals surface area (Å²) in [7, 11) is 0. The molecule has 1 rings (SSSR count). The molecule has 24 heavy (non-hydrogen) atoms. The molecule has 0 amide bonds. The van der Waals surface area contributed by atoms with Gasteiger partial charge in [0, 0.05) is 0 Å². The van der Waals surface area contributed by atoms with Crippen LogP contribution in [0.25, 0.3) is 0 Å². The van der Waals surface area contributed by atoms with E-state index in [2.05, 4.69) is 0 Å². The lowest BCUT2D eigenvalue weighted by atomic mass is 10.1. The zero-order chi connectivity index (χ0) is 18.7. The maximum Gasteiger partial charge on any atom is 0.339 e. The number of hydrogen-bond acceptors (Lipinski definition) is 6. The number of benzene rings is 1. The highest BCUT2D eigenvalue weighted by molar-refractivity contribution is 6.65. The van der Waals surface area contributed by atoms with Gasteiger partial charge in [-0.2, -0.15) is 0 Å². The molecular weight excluding hydrogens is 359 g/mol. The van der Waals surface area contributed by atoms with Crippen LogP contribution in [0.1, 0.15) is 48.4 Å². The molecule has 0 saturated heterocycles. The van der Waals surface area contributed by atoms with E-state index in [-0.39, 0.29) is 11.1 Å². The van der Waals surface area contributed by atoms with Gasteiger partial charge in [-0.3, -0.25) is 9.59 Å². The monoisotopic (exact) mass is 374 g/mol. The van der Waals surface area contributed by atoms with E-state index in [4.69, 9.17) is 32.7 Å². The number of ether oxygens (including phenoxy) is 2. The molecule has 1 aromatic rings. The molecule has 0 spiro atoms. The van der Waals surface area contributed by atoms with Crippen molar-refractivity contribution in [3.8, 4) is 0 Å². The molecule has 130 valence electrons. The number of carbonyl (C=O) groups is 4. The van der Waals surface area contributed by atoms with Crippen molar-refractivity contribution in [1.29, 1.82) is 0 Å². The summed E-state index contributed by atoms with van der Waals surface area (Å²) in [6, 6.07) is 5.29. The molecule has 0 aromatic heterocycles. The van der Waals surface area contributed by atoms with E-state index in [9.17, 15) is 19.2 Å². The van der Waals surface area contributed by atoms with Gasteiger partial charge in [-0.25, -0.2) is 9.59 Å². The first-order valence-corrected chi connectivity index (χ1v) is 7.59. The van der Waals surface area contributed by atoms with E-state index in [1.807, 2.05) is 0 Å². The fourth-order valence-electron chi connectivity index (χ4n) is 1.40. The van der Waals surface area contributed by atoms with Crippen molar-refractivity contribution < 1.29 is 28.7 Å². The van der Waals surface area contributed by atoms with E-state index >= 15 is 0 Å². The molecule has 0 aliphatic heterocycles. The van der Waals surface area contributed by atoms with Crippen LogP contribution in [0.3, 0.4) is 0 Å². The zero-order valence-electron chi connectivity index (χ0n) is 13.5. The van der Waals surface area contributed by atoms with Gasteiger partial charge in [0.15, 0.2) is 11.2 Å². The summed E-state index contributed by atoms with van der Waals surface area (Å²) in [6.45, 7) is 5.43. The summed E-state index contributed by atoms with van der Waals surface area (Å²) in [5, 5.41) is -1.63. The normalized spacial score (nSPS) is 11.6. The number of halogens is 2. The molecule has 0 radical (unpaired) electrons. The largest absolute Gasteiger partial charge is 0.447 e. The van der Waals surface area contributed by atoms with Gasteiger partial charge in [0.05, 0.1) is 11.1 Å². The third-order valence-electron chi connectivity index (χ3n) is 3.00. The third kappa shape index (κ3) is 5.04. The van der Waals surface area contributed by atoms with Crippen LogP contribution < -0.4 is 0 Å². The topological polar surface area (TPSA) is 86.7 Å². The average Bonchev–Trinajstić information content (AvgIpc) is 2.46. The summed E-state index contributed by atoms with van der Waals surface area (Å²) < 4.78 is 10.00. The van der Waals surface area contributed by atoms with Gasteiger partial charge in [0.1, 0.15) is 0 Å². The molecule has 8 heteroatoms. The van der Waals surface area contributed by atoms with Crippen LogP contribution in [0.4, 0.5) is 0 Å². The minimum Gasteiger partial charge on any atom is -0.447 e. The van der Waals surface area contributed by atoms with Gasteiger partial charge >= 0.3 is 11.9 Å². The molecular formula is C16H16Cl2O6. The summed E-state index contributed by atoms with van der Waals surface area (Å²) in [4.78, 5) is 46.2. The summed E-state index contributed by atoms with van der Waals surface area (Å²) in [5.41, 5.74) is -2.71. The minimum absolute atomic E-state index is 0.116. The smallest absolute Gasteiger partial charge is 0.339 e. The van der Waals surface area contributed by atoms with Gasteiger partial charge in [-0.05, 0) is 75.2 Å². The van der Waals surface area contributed by atoms with Crippen LogP contribution in [0.15, 0.2) is 24.3 Å². The molecule has 0 saturated carbocycles. The second-order valence-corrected chi connectivity index (χ2v) is 6.61. The highest BCUT2D eigenvalue weighted by Gasteiger charge is 2.32. The Morgan fingerprint density at radius 1 is 0.708 bits per heavy atom. The first-order chi connectivity index (χ1) is 10.9. The van der Waals surface area contributed by atoms with Crippen LogP contribution in [-0.2, 0) is 19.1 Å². The molecule has 0 unspecified atom stereocenters. The molecule has 6 nitrogen and oxygen atoms in total. The Labute approximate surface area is 149 Å². The van der Waals surface area contributed by atoms with Crippen molar-refractivity contribution in [3.63, 3.8) is 0 Å². The minimum atomic E-state index is -1.47. The van der Waals surface area contributed by atoms with E-state index in [0.717, 1.165) is 0 Å². The highest BCUT2D eigenvalue weighted by Crippen LogP contribution is 2.19. The molecule has 0 aliphatic rings. The number of rotatable bonds is 6. The van der Waals surface area contributed by atoms with Crippen molar-refractivity contribution >= 4 is 45.6 Å². The first-order valence-electron chi connectivity index (χ1n) is 6.83. The van der Waals surface area contributed by atoms with Crippen molar-refractivity contribution in [2.75, 3.05) is 0 Å². The summed E-state index contributed by atoms with van der Waals surface area (Å²) in [5.74, 6) is -1.55. The van der Waals surface area contributed by atoms with Gasteiger partial charge in [-0.15, -0.1) is 0 Å². The predicted octanol–water partition coefficient (Wildman–Crippen LogP) is 3.09. The Bertz CT molecular complexity index is 617. The quantitative estimate of drug-likeness (QED) is 0.561. The van der Waals surface area contributed by atoms with Crippen molar-refractivity contribution in [2.45, 2.75) is 38.9 Å². The molecule has 0 aliphatic carbocycles.